The van der Waals surface area contributed by atoms with Gasteiger partial charge in [0.25, 0.3) is 0 Å². The fourth-order valence-corrected chi connectivity index (χ4v) is 5.49. The summed E-state index contributed by atoms with van der Waals surface area (Å²) in [6.07, 6.45) is 12.5. The zero-order valence-corrected chi connectivity index (χ0v) is 16.6. The molecule has 3 saturated heterocycles. The van der Waals surface area contributed by atoms with Gasteiger partial charge in [0.1, 0.15) is 0 Å². The maximum atomic E-state index is 3.54. The van der Waals surface area contributed by atoms with Gasteiger partial charge in [0.05, 0.1) is 0 Å². The maximum absolute atomic E-state index is 3.54. The van der Waals surface area contributed by atoms with Crippen LogP contribution in [-0.4, -0.2) is 44.2 Å². The molecular weight excluding hydrogens is 318 g/mol. The number of piperidine rings is 2. The number of nitrogens with zero attached hydrogens (tertiary/aromatic N) is 2. The van der Waals surface area contributed by atoms with E-state index < -0.39 is 0 Å². The molecule has 4 rings (SSSR count). The highest BCUT2D eigenvalue weighted by molar-refractivity contribution is 5.47. The van der Waals surface area contributed by atoms with E-state index in [1.54, 1.807) is 5.56 Å². The van der Waals surface area contributed by atoms with Crippen LogP contribution < -0.4 is 10.2 Å². The highest BCUT2D eigenvalue weighted by atomic mass is 15.2. The van der Waals surface area contributed by atoms with Gasteiger partial charge in [0.2, 0.25) is 0 Å². The summed E-state index contributed by atoms with van der Waals surface area (Å²) in [6, 6.07) is 11.1. The molecule has 3 heterocycles. The van der Waals surface area contributed by atoms with E-state index in [4.69, 9.17) is 0 Å². The lowest BCUT2D eigenvalue weighted by Crippen LogP contribution is -2.35. The minimum Gasteiger partial charge on any atom is -0.375 e. The summed E-state index contributed by atoms with van der Waals surface area (Å²) in [5, 5.41) is 3.54. The molecule has 3 nitrogen and oxygen atoms in total. The van der Waals surface area contributed by atoms with E-state index >= 15 is 0 Å². The number of benzene rings is 1. The molecule has 0 saturated carbocycles. The van der Waals surface area contributed by atoms with Gasteiger partial charge in [0, 0.05) is 31.4 Å². The number of hydrogen-bond acceptors (Lipinski definition) is 3. The normalized spacial score (nSPS) is 29.5. The Morgan fingerprint density at radius 3 is 2.73 bits per heavy atom. The summed E-state index contributed by atoms with van der Waals surface area (Å²) < 4.78 is 0. The van der Waals surface area contributed by atoms with Crippen molar-refractivity contribution in [3.63, 3.8) is 0 Å². The van der Waals surface area contributed by atoms with Gasteiger partial charge in [-0.05, 0) is 94.6 Å². The van der Waals surface area contributed by atoms with E-state index in [0.717, 1.165) is 12.0 Å². The summed E-state index contributed by atoms with van der Waals surface area (Å²) >= 11 is 0. The smallest absolute Gasteiger partial charge is 0.0363 e. The van der Waals surface area contributed by atoms with Crippen LogP contribution in [0.15, 0.2) is 24.3 Å². The molecule has 26 heavy (non-hydrogen) atoms. The summed E-state index contributed by atoms with van der Waals surface area (Å²) in [5.41, 5.74) is 2.92. The number of fused-ring (bicyclic) bond motifs is 1. The molecule has 0 aliphatic carbocycles. The van der Waals surface area contributed by atoms with Crippen LogP contribution in [0.2, 0.25) is 0 Å². The van der Waals surface area contributed by atoms with E-state index in [9.17, 15) is 0 Å². The van der Waals surface area contributed by atoms with E-state index in [1.807, 2.05) is 0 Å². The predicted octanol–water partition coefficient (Wildman–Crippen LogP) is 4.59. The Labute approximate surface area is 160 Å². The minimum absolute atomic E-state index is 0.679. The quantitative estimate of drug-likeness (QED) is 0.805. The average molecular weight is 356 g/mol. The Morgan fingerprint density at radius 1 is 1.04 bits per heavy atom. The molecule has 144 valence electrons. The van der Waals surface area contributed by atoms with E-state index in [0.29, 0.717) is 6.04 Å². The molecule has 3 unspecified atom stereocenters. The highest BCUT2D eigenvalue weighted by Crippen LogP contribution is 2.40. The van der Waals surface area contributed by atoms with E-state index in [1.165, 1.54) is 89.7 Å². The van der Waals surface area contributed by atoms with Crippen LogP contribution in [0.1, 0.15) is 69.4 Å². The van der Waals surface area contributed by atoms with Crippen LogP contribution in [0.3, 0.4) is 0 Å². The Hall–Kier alpha value is -1.06. The van der Waals surface area contributed by atoms with E-state index in [2.05, 4.69) is 46.4 Å². The van der Waals surface area contributed by atoms with Gasteiger partial charge in [0.15, 0.2) is 0 Å². The second-order valence-corrected chi connectivity index (χ2v) is 8.85. The first kappa shape index (κ1) is 18.3. The first-order valence-corrected chi connectivity index (χ1v) is 11.1. The first-order valence-electron chi connectivity index (χ1n) is 11.1. The van der Waals surface area contributed by atoms with Crippen LogP contribution in [0.4, 0.5) is 5.69 Å². The van der Waals surface area contributed by atoms with Crippen molar-refractivity contribution in [1.29, 1.82) is 0 Å². The molecule has 1 aromatic rings. The summed E-state index contributed by atoms with van der Waals surface area (Å²) in [6.45, 7) is 4.94. The molecule has 3 aliphatic rings. The van der Waals surface area contributed by atoms with Crippen molar-refractivity contribution >= 4 is 5.69 Å². The third-order valence-electron chi connectivity index (χ3n) is 7.07. The molecule has 0 radical (unpaired) electrons. The lowest BCUT2D eigenvalue weighted by atomic mass is 9.94. The number of hydrogen-bond donors (Lipinski definition) is 1. The Balaban J connectivity index is 1.28. The first-order chi connectivity index (χ1) is 12.8. The largest absolute Gasteiger partial charge is 0.375 e. The Bertz CT molecular complexity index is 549. The molecule has 3 aliphatic heterocycles. The molecule has 3 heteroatoms. The maximum Gasteiger partial charge on any atom is 0.0363 e. The van der Waals surface area contributed by atoms with Crippen molar-refractivity contribution in [2.24, 2.45) is 5.92 Å². The predicted molar refractivity (Wildman–Crippen MR) is 111 cm³/mol. The SMILES string of the molecule is CN(CCCC1CCCNC1)c1ccc(C2CCC3CCCCN32)cc1. The van der Waals surface area contributed by atoms with Crippen molar-refractivity contribution in [3.8, 4) is 0 Å². The molecular formula is C23H37N3. The zero-order valence-electron chi connectivity index (χ0n) is 16.6. The Kier molecular flexibility index (Phi) is 6.16. The van der Waals surface area contributed by atoms with Gasteiger partial charge in [-0.2, -0.15) is 0 Å². The van der Waals surface area contributed by atoms with Gasteiger partial charge in [-0.1, -0.05) is 18.6 Å². The molecule has 1 N–H and O–H groups in total. The second-order valence-electron chi connectivity index (χ2n) is 8.85. The van der Waals surface area contributed by atoms with Gasteiger partial charge in [-0.15, -0.1) is 0 Å². The monoisotopic (exact) mass is 355 g/mol. The van der Waals surface area contributed by atoms with Crippen molar-refractivity contribution in [1.82, 2.24) is 10.2 Å². The molecule has 0 spiro atoms. The van der Waals surface area contributed by atoms with Gasteiger partial charge in [-0.3, -0.25) is 4.90 Å². The van der Waals surface area contributed by atoms with Crippen molar-refractivity contribution in [2.75, 3.05) is 38.1 Å². The van der Waals surface area contributed by atoms with Gasteiger partial charge < -0.3 is 10.2 Å². The molecule has 0 bridgehead atoms. The van der Waals surface area contributed by atoms with Crippen LogP contribution in [0, 0.1) is 5.92 Å². The van der Waals surface area contributed by atoms with Crippen LogP contribution >= 0.6 is 0 Å². The third-order valence-corrected chi connectivity index (χ3v) is 7.07. The number of nitrogens with one attached hydrogen (secondary N) is 1. The number of rotatable bonds is 6. The number of anilines is 1. The van der Waals surface area contributed by atoms with E-state index in [-0.39, 0.29) is 0 Å². The second kappa shape index (κ2) is 8.75. The van der Waals surface area contributed by atoms with Crippen LogP contribution in [0.5, 0.6) is 0 Å². The lowest BCUT2D eigenvalue weighted by Gasteiger charge is -2.34. The molecule has 3 atom stereocenters. The lowest BCUT2D eigenvalue weighted by molar-refractivity contribution is 0.150. The van der Waals surface area contributed by atoms with Crippen LogP contribution in [0.25, 0.3) is 0 Å². The highest BCUT2D eigenvalue weighted by Gasteiger charge is 2.35. The summed E-state index contributed by atoms with van der Waals surface area (Å²) in [5.74, 6) is 0.902. The topological polar surface area (TPSA) is 18.5 Å². The molecule has 0 amide bonds. The standard InChI is InChI=1S/C23H37N3/c1-25(16-5-7-19-6-4-15-24-18-19)21-11-9-20(10-12-21)23-14-13-22-8-2-3-17-26(22)23/h9-12,19,22-24H,2-8,13-18H2,1H3. The zero-order chi connectivity index (χ0) is 17.8. The fraction of sp³-hybridized carbons (Fsp3) is 0.739. The summed E-state index contributed by atoms with van der Waals surface area (Å²) in [4.78, 5) is 5.23. The van der Waals surface area contributed by atoms with Gasteiger partial charge in [-0.25, -0.2) is 0 Å². The van der Waals surface area contributed by atoms with Crippen molar-refractivity contribution in [3.05, 3.63) is 29.8 Å². The Morgan fingerprint density at radius 2 is 1.92 bits per heavy atom. The van der Waals surface area contributed by atoms with Gasteiger partial charge >= 0.3 is 0 Å². The van der Waals surface area contributed by atoms with Crippen molar-refractivity contribution in [2.45, 2.75) is 69.9 Å². The summed E-state index contributed by atoms with van der Waals surface area (Å²) in [7, 11) is 2.25. The molecule has 3 fully saturated rings. The third kappa shape index (κ3) is 4.26. The molecule has 0 aromatic heterocycles. The minimum atomic E-state index is 0.679. The average Bonchev–Trinajstić information content (AvgIpc) is 3.13. The fourth-order valence-electron chi connectivity index (χ4n) is 5.49. The van der Waals surface area contributed by atoms with Crippen molar-refractivity contribution < 1.29 is 0 Å². The molecule has 1 aromatic carbocycles. The van der Waals surface area contributed by atoms with Crippen LogP contribution in [-0.2, 0) is 0 Å².